The van der Waals surface area contributed by atoms with E-state index in [0.29, 0.717) is 5.69 Å². The summed E-state index contributed by atoms with van der Waals surface area (Å²) in [6, 6.07) is 1.87. The molecule has 106 valence electrons. The van der Waals surface area contributed by atoms with Crippen LogP contribution in [0.2, 0.25) is 0 Å². The van der Waals surface area contributed by atoms with Crippen LogP contribution >= 0.6 is 11.5 Å². The Bertz CT molecular complexity index is 449. The van der Waals surface area contributed by atoms with Gasteiger partial charge in [0.05, 0.1) is 0 Å². The minimum absolute atomic E-state index is 0.0218. The van der Waals surface area contributed by atoms with Crippen LogP contribution in [0.1, 0.15) is 42.1 Å². The van der Waals surface area contributed by atoms with E-state index >= 15 is 0 Å². The van der Waals surface area contributed by atoms with Gasteiger partial charge in [-0.05, 0) is 64.3 Å². The average Bonchev–Trinajstić information content (AvgIpc) is 2.98. The number of likely N-dealkylation sites (N-methyl/N-ethyl adjacent to an activating group) is 1. The van der Waals surface area contributed by atoms with Crippen LogP contribution in [0.25, 0.3) is 0 Å². The number of likely N-dealkylation sites (tertiary alicyclic amines) is 1. The summed E-state index contributed by atoms with van der Waals surface area (Å²) in [4.78, 5) is 17.8. The van der Waals surface area contributed by atoms with Crippen LogP contribution in [-0.2, 0) is 0 Å². The smallest absolute Gasteiger partial charge is 0.273 e. The summed E-state index contributed by atoms with van der Waals surface area (Å²) in [5, 5.41) is 0. The molecule has 1 aliphatic rings. The molecule has 0 bridgehead atoms. The molecule has 19 heavy (non-hydrogen) atoms. The monoisotopic (exact) mass is 281 g/mol. The van der Waals surface area contributed by atoms with Gasteiger partial charge in [-0.2, -0.15) is 4.37 Å². The first kappa shape index (κ1) is 14.5. The standard InChI is InChI=1S/C14H23N3OS/c1-11-9-12(15-19-11)13(18)16(4)14(2,3)10-17-7-5-6-8-17/h9H,5-8,10H2,1-4H3. The lowest BCUT2D eigenvalue weighted by Crippen LogP contribution is -2.52. The van der Waals surface area contributed by atoms with Gasteiger partial charge in [-0.1, -0.05) is 0 Å². The van der Waals surface area contributed by atoms with E-state index in [9.17, 15) is 4.79 Å². The van der Waals surface area contributed by atoms with Crippen LogP contribution in [0.3, 0.4) is 0 Å². The van der Waals surface area contributed by atoms with Gasteiger partial charge in [-0.25, -0.2) is 0 Å². The third-order valence-corrected chi connectivity index (χ3v) is 4.56. The van der Waals surface area contributed by atoms with Crippen molar-refractivity contribution in [3.05, 3.63) is 16.6 Å². The molecule has 2 rings (SSSR count). The van der Waals surface area contributed by atoms with E-state index in [1.807, 2.05) is 24.9 Å². The Morgan fingerprint density at radius 3 is 2.63 bits per heavy atom. The van der Waals surface area contributed by atoms with E-state index in [0.717, 1.165) is 24.5 Å². The lowest BCUT2D eigenvalue weighted by Gasteiger charge is -2.38. The lowest BCUT2D eigenvalue weighted by molar-refractivity contribution is 0.0551. The first-order chi connectivity index (χ1) is 8.90. The molecular formula is C14H23N3OS. The molecule has 5 heteroatoms. The highest BCUT2D eigenvalue weighted by atomic mass is 32.1. The van der Waals surface area contributed by atoms with Crippen LogP contribution in [0.15, 0.2) is 6.07 Å². The number of rotatable bonds is 4. The van der Waals surface area contributed by atoms with Crippen molar-refractivity contribution in [2.75, 3.05) is 26.7 Å². The van der Waals surface area contributed by atoms with Gasteiger partial charge in [0.1, 0.15) is 5.69 Å². The van der Waals surface area contributed by atoms with Crippen molar-refractivity contribution in [3.63, 3.8) is 0 Å². The van der Waals surface area contributed by atoms with E-state index in [-0.39, 0.29) is 11.4 Å². The van der Waals surface area contributed by atoms with Gasteiger partial charge in [0, 0.05) is 24.0 Å². The minimum atomic E-state index is -0.168. The molecule has 0 atom stereocenters. The average molecular weight is 281 g/mol. The fourth-order valence-corrected chi connectivity index (χ4v) is 3.05. The molecule has 1 amide bonds. The largest absolute Gasteiger partial charge is 0.334 e. The molecule has 0 spiro atoms. The predicted octanol–water partition coefficient (Wildman–Crippen LogP) is 2.40. The fraction of sp³-hybridized carbons (Fsp3) is 0.714. The second-order valence-corrected chi connectivity index (χ2v) is 6.99. The second kappa shape index (κ2) is 5.59. The minimum Gasteiger partial charge on any atom is -0.334 e. The van der Waals surface area contributed by atoms with Gasteiger partial charge in [0.15, 0.2) is 0 Å². The molecule has 0 aliphatic carbocycles. The van der Waals surface area contributed by atoms with Crippen molar-refractivity contribution >= 4 is 17.4 Å². The van der Waals surface area contributed by atoms with Crippen LogP contribution in [0, 0.1) is 6.92 Å². The van der Waals surface area contributed by atoms with E-state index in [1.54, 1.807) is 0 Å². The molecule has 0 saturated carbocycles. The molecule has 1 fully saturated rings. The lowest BCUT2D eigenvalue weighted by atomic mass is 10.0. The molecule has 1 aromatic heterocycles. The Kier molecular flexibility index (Phi) is 4.26. The molecule has 0 unspecified atom stereocenters. The summed E-state index contributed by atoms with van der Waals surface area (Å²) in [5.41, 5.74) is 0.401. The third kappa shape index (κ3) is 3.34. The summed E-state index contributed by atoms with van der Waals surface area (Å²) >= 11 is 1.39. The molecule has 1 saturated heterocycles. The van der Waals surface area contributed by atoms with Crippen molar-refractivity contribution in [3.8, 4) is 0 Å². The SMILES string of the molecule is Cc1cc(C(=O)N(C)C(C)(C)CN2CCCC2)ns1. The van der Waals surface area contributed by atoms with Crippen LogP contribution < -0.4 is 0 Å². The number of aromatic nitrogens is 1. The quantitative estimate of drug-likeness (QED) is 0.850. The van der Waals surface area contributed by atoms with Crippen molar-refractivity contribution in [1.29, 1.82) is 0 Å². The van der Waals surface area contributed by atoms with Crippen LogP contribution in [0.4, 0.5) is 0 Å². The highest BCUT2D eigenvalue weighted by molar-refractivity contribution is 7.05. The summed E-state index contributed by atoms with van der Waals surface area (Å²) < 4.78 is 4.22. The maximum absolute atomic E-state index is 12.4. The van der Waals surface area contributed by atoms with Crippen molar-refractivity contribution in [2.24, 2.45) is 0 Å². The molecule has 0 N–H and O–H groups in total. The Hall–Kier alpha value is -0.940. The number of carbonyl (C=O) groups excluding carboxylic acids is 1. The molecule has 1 aromatic rings. The Labute approximate surface area is 119 Å². The topological polar surface area (TPSA) is 36.4 Å². The Morgan fingerprint density at radius 2 is 2.11 bits per heavy atom. The number of hydrogen-bond acceptors (Lipinski definition) is 4. The van der Waals surface area contributed by atoms with E-state index in [4.69, 9.17) is 0 Å². The van der Waals surface area contributed by atoms with Crippen LogP contribution in [-0.4, -0.2) is 52.3 Å². The first-order valence-corrected chi connectivity index (χ1v) is 7.61. The Morgan fingerprint density at radius 1 is 1.47 bits per heavy atom. The summed E-state index contributed by atoms with van der Waals surface area (Å²) in [6.45, 7) is 9.47. The summed E-state index contributed by atoms with van der Waals surface area (Å²) in [7, 11) is 1.88. The summed E-state index contributed by atoms with van der Waals surface area (Å²) in [5.74, 6) is 0.0218. The molecule has 2 heterocycles. The van der Waals surface area contributed by atoms with Crippen molar-refractivity contribution in [1.82, 2.24) is 14.2 Å². The zero-order chi connectivity index (χ0) is 14.0. The number of hydrogen-bond donors (Lipinski definition) is 0. The number of carbonyl (C=O) groups is 1. The van der Waals surface area contributed by atoms with Gasteiger partial charge in [-0.3, -0.25) is 4.79 Å². The summed E-state index contributed by atoms with van der Waals surface area (Å²) in [6.07, 6.45) is 2.55. The fourth-order valence-electron chi connectivity index (χ4n) is 2.51. The normalized spacial score (nSPS) is 16.8. The van der Waals surface area contributed by atoms with Gasteiger partial charge in [-0.15, -0.1) is 0 Å². The zero-order valence-electron chi connectivity index (χ0n) is 12.3. The molecule has 0 aromatic carbocycles. The van der Waals surface area contributed by atoms with Gasteiger partial charge < -0.3 is 9.80 Å². The molecular weight excluding hydrogens is 258 g/mol. The third-order valence-electron chi connectivity index (χ3n) is 3.87. The highest BCUT2D eigenvalue weighted by Crippen LogP contribution is 2.20. The first-order valence-electron chi connectivity index (χ1n) is 6.84. The molecule has 0 radical (unpaired) electrons. The maximum atomic E-state index is 12.4. The number of aryl methyl sites for hydroxylation is 1. The number of nitrogens with zero attached hydrogens (tertiary/aromatic N) is 3. The van der Waals surface area contributed by atoms with Crippen molar-refractivity contribution < 1.29 is 4.79 Å². The molecule has 4 nitrogen and oxygen atoms in total. The van der Waals surface area contributed by atoms with Crippen LogP contribution in [0.5, 0.6) is 0 Å². The Balaban J connectivity index is 2.04. The van der Waals surface area contributed by atoms with Gasteiger partial charge in [0.25, 0.3) is 5.91 Å². The van der Waals surface area contributed by atoms with Gasteiger partial charge in [0.2, 0.25) is 0 Å². The second-order valence-electron chi connectivity index (χ2n) is 5.98. The van der Waals surface area contributed by atoms with E-state index < -0.39 is 0 Å². The highest BCUT2D eigenvalue weighted by Gasteiger charge is 2.32. The maximum Gasteiger partial charge on any atom is 0.273 e. The molecule has 1 aliphatic heterocycles. The zero-order valence-corrected chi connectivity index (χ0v) is 13.1. The van der Waals surface area contributed by atoms with E-state index in [1.165, 1.54) is 24.4 Å². The number of amides is 1. The predicted molar refractivity (Wildman–Crippen MR) is 78.7 cm³/mol. The van der Waals surface area contributed by atoms with Gasteiger partial charge >= 0.3 is 0 Å². The van der Waals surface area contributed by atoms with Crippen molar-refractivity contribution in [2.45, 2.75) is 39.2 Å². The van der Waals surface area contributed by atoms with E-state index in [2.05, 4.69) is 23.1 Å².